The van der Waals surface area contributed by atoms with Crippen LogP contribution in [0.2, 0.25) is 0 Å². The molecule has 0 heterocycles. The zero-order chi connectivity index (χ0) is 12.0. The molecular weight excluding hydrogens is 206 g/mol. The fourth-order valence-corrected chi connectivity index (χ4v) is 1.34. The highest BCUT2D eigenvalue weighted by atomic mass is 16.5. The van der Waals surface area contributed by atoms with E-state index in [-0.39, 0.29) is 6.10 Å². The van der Waals surface area contributed by atoms with Crippen LogP contribution in [0, 0.1) is 0 Å². The molecule has 0 bridgehead atoms. The molecule has 96 valence electrons. The van der Waals surface area contributed by atoms with Gasteiger partial charge in [0.15, 0.2) is 0 Å². The summed E-state index contributed by atoms with van der Waals surface area (Å²) in [4.78, 5) is 0. The molecule has 0 aromatic carbocycles. The van der Waals surface area contributed by atoms with Crippen molar-refractivity contribution in [1.82, 2.24) is 5.32 Å². The Morgan fingerprint density at radius 3 is 2.62 bits per heavy atom. The molecule has 1 aliphatic rings. The molecule has 0 radical (unpaired) electrons. The molecule has 4 heteroatoms. The molecular formula is C12H25NO3. The van der Waals surface area contributed by atoms with Gasteiger partial charge in [-0.15, -0.1) is 0 Å². The second-order valence-corrected chi connectivity index (χ2v) is 5.12. The van der Waals surface area contributed by atoms with Crippen molar-refractivity contribution in [3.05, 3.63) is 0 Å². The lowest BCUT2D eigenvalue weighted by molar-refractivity contribution is -0.0522. The van der Waals surface area contributed by atoms with E-state index in [1.807, 2.05) is 13.8 Å². The minimum absolute atomic E-state index is 0.237. The molecule has 1 unspecified atom stereocenters. The fourth-order valence-electron chi connectivity index (χ4n) is 1.34. The van der Waals surface area contributed by atoms with Crippen molar-refractivity contribution in [2.24, 2.45) is 0 Å². The smallest absolute Gasteiger partial charge is 0.0975 e. The number of nitrogens with one attached hydrogen (secondary N) is 1. The van der Waals surface area contributed by atoms with Gasteiger partial charge in [-0.25, -0.2) is 0 Å². The van der Waals surface area contributed by atoms with E-state index in [9.17, 15) is 5.11 Å². The first-order valence-corrected chi connectivity index (χ1v) is 6.15. The minimum Gasteiger partial charge on any atom is -0.386 e. The molecule has 0 aliphatic heterocycles. The quantitative estimate of drug-likeness (QED) is 0.580. The van der Waals surface area contributed by atoms with Crippen LogP contribution in [0.1, 0.15) is 33.6 Å². The van der Waals surface area contributed by atoms with Gasteiger partial charge < -0.3 is 19.9 Å². The standard InChI is InChI=1S/C12H25NO3/c1-10(2)16-7-6-15-9-12(3,14)8-13-11-4-5-11/h10-11,13-14H,4-9H2,1-3H3. The Bertz CT molecular complexity index is 191. The summed E-state index contributed by atoms with van der Waals surface area (Å²) in [7, 11) is 0. The topological polar surface area (TPSA) is 50.7 Å². The Kier molecular flexibility index (Phi) is 5.69. The van der Waals surface area contributed by atoms with Crippen molar-refractivity contribution in [3.63, 3.8) is 0 Å². The second-order valence-electron chi connectivity index (χ2n) is 5.12. The summed E-state index contributed by atoms with van der Waals surface area (Å²) in [5.41, 5.74) is -0.777. The van der Waals surface area contributed by atoms with E-state index >= 15 is 0 Å². The Labute approximate surface area is 98.3 Å². The highest BCUT2D eigenvalue weighted by Gasteiger charge is 2.26. The lowest BCUT2D eigenvalue weighted by Gasteiger charge is -2.23. The van der Waals surface area contributed by atoms with E-state index < -0.39 is 5.60 Å². The average molecular weight is 231 g/mol. The lowest BCUT2D eigenvalue weighted by Crippen LogP contribution is -2.42. The van der Waals surface area contributed by atoms with Crippen molar-refractivity contribution in [1.29, 1.82) is 0 Å². The van der Waals surface area contributed by atoms with Gasteiger partial charge >= 0.3 is 0 Å². The van der Waals surface area contributed by atoms with E-state index in [0.717, 1.165) is 0 Å². The summed E-state index contributed by atoms with van der Waals surface area (Å²) in [6.07, 6.45) is 2.71. The number of hydrogen-bond donors (Lipinski definition) is 2. The monoisotopic (exact) mass is 231 g/mol. The second kappa shape index (κ2) is 6.55. The first-order chi connectivity index (χ1) is 7.49. The maximum atomic E-state index is 9.97. The maximum Gasteiger partial charge on any atom is 0.0975 e. The van der Waals surface area contributed by atoms with Crippen LogP contribution >= 0.6 is 0 Å². The van der Waals surface area contributed by atoms with Crippen molar-refractivity contribution in [3.8, 4) is 0 Å². The Hall–Kier alpha value is -0.160. The van der Waals surface area contributed by atoms with Crippen LogP contribution in [0.4, 0.5) is 0 Å². The van der Waals surface area contributed by atoms with Crippen LogP contribution < -0.4 is 5.32 Å². The summed E-state index contributed by atoms with van der Waals surface area (Å²) in [6, 6.07) is 0.621. The van der Waals surface area contributed by atoms with Gasteiger partial charge in [0, 0.05) is 12.6 Å². The first kappa shape index (κ1) is 13.9. The zero-order valence-electron chi connectivity index (χ0n) is 10.7. The SMILES string of the molecule is CC(C)OCCOCC(C)(O)CNC1CC1. The molecule has 1 rings (SSSR count). The summed E-state index contributed by atoms with van der Waals surface area (Å²) >= 11 is 0. The largest absolute Gasteiger partial charge is 0.386 e. The summed E-state index contributed by atoms with van der Waals surface area (Å²) < 4.78 is 10.7. The van der Waals surface area contributed by atoms with Crippen LogP contribution in [-0.4, -0.2) is 49.2 Å². The number of ether oxygens (including phenoxy) is 2. The maximum absolute atomic E-state index is 9.97. The van der Waals surface area contributed by atoms with Gasteiger partial charge in [-0.2, -0.15) is 0 Å². The Morgan fingerprint density at radius 1 is 1.38 bits per heavy atom. The third-order valence-corrected chi connectivity index (χ3v) is 2.44. The van der Waals surface area contributed by atoms with Gasteiger partial charge in [0.2, 0.25) is 0 Å². The fraction of sp³-hybridized carbons (Fsp3) is 1.00. The van der Waals surface area contributed by atoms with Crippen molar-refractivity contribution in [2.45, 2.75) is 51.4 Å². The highest BCUT2D eigenvalue weighted by molar-refractivity contribution is 4.85. The van der Waals surface area contributed by atoms with E-state index in [2.05, 4.69) is 5.32 Å². The van der Waals surface area contributed by atoms with Gasteiger partial charge in [0.05, 0.1) is 31.5 Å². The van der Waals surface area contributed by atoms with E-state index in [4.69, 9.17) is 9.47 Å². The molecule has 4 nitrogen and oxygen atoms in total. The Morgan fingerprint density at radius 2 is 2.06 bits per heavy atom. The molecule has 0 amide bonds. The normalized spacial score (nSPS) is 20.1. The molecule has 0 saturated heterocycles. The van der Waals surface area contributed by atoms with Crippen LogP contribution in [0.5, 0.6) is 0 Å². The number of hydrogen-bond acceptors (Lipinski definition) is 4. The van der Waals surface area contributed by atoms with Crippen LogP contribution in [0.15, 0.2) is 0 Å². The van der Waals surface area contributed by atoms with E-state index in [0.29, 0.717) is 32.4 Å². The van der Waals surface area contributed by atoms with Crippen LogP contribution in [0.25, 0.3) is 0 Å². The average Bonchev–Trinajstić information content (AvgIpc) is 2.97. The summed E-state index contributed by atoms with van der Waals surface area (Å²) in [6.45, 7) is 7.87. The number of rotatable bonds is 9. The Balaban J connectivity index is 1.96. The first-order valence-electron chi connectivity index (χ1n) is 6.15. The predicted octanol–water partition coefficient (Wildman–Crippen LogP) is 0.931. The third-order valence-electron chi connectivity index (χ3n) is 2.44. The number of aliphatic hydroxyl groups is 1. The van der Waals surface area contributed by atoms with Gasteiger partial charge in [-0.05, 0) is 33.6 Å². The summed E-state index contributed by atoms with van der Waals surface area (Å²) in [5.74, 6) is 0. The molecule has 1 fully saturated rings. The predicted molar refractivity (Wildman–Crippen MR) is 63.6 cm³/mol. The van der Waals surface area contributed by atoms with Crippen molar-refractivity contribution >= 4 is 0 Å². The molecule has 1 aliphatic carbocycles. The zero-order valence-corrected chi connectivity index (χ0v) is 10.7. The third kappa shape index (κ3) is 7.17. The van der Waals surface area contributed by atoms with Gasteiger partial charge in [-0.1, -0.05) is 0 Å². The van der Waals surface area contributed by atoms with E-state index in [1.165, 1.54) is 12.8 Å². The summed E-state index contributed by atoms with van der Waals surface area (Å²) in [5, 5.41) is 13.3. The molecule has 16 heavy (non-hydrogen) atoms. The van der Waals surface area contributed by atoms with E-state index in [1.54, 1.807) is 6.92 Å². The van der Waals surface area contributed by atoms with Crippen molar-refractivity contribution in [2.75, 3.05) is 26.4 Å². The molecule has 0 aromatic rings. The van der Waals surface area contributed by atoms with Crippen LogP contribution in [-0.2, 0) is 9.47 Å². The highest BCUT2D eigenvalue weighted by Crippen LogP contribution is 2.19. The van der Waals surface area contributed by atoms with Gasteiger partial charge in [-0.3, -0.25) is 0 Å². The lowest BCUT2D eigenvalue weighted by atomic mass is 10.1. The molecule has 0 aromatic heterocycles. The van der Waals surface area contributed by atoms with Crippen LogP contribution in [0.3, 0.4) is 0 Å². The molecule has 1 atom stereocenters. The minimum atomic E-state index is -0.777. The molecule has 0 spiro atoms. The molecule has 2 N–H and O–H groups in total. The molecule has 1 saturated carbocycles. The van der Waals surface area contributed by atoms with Gasteiger partial charge in [0.25, 0.3) is 0 Å². The van der Waals surface area contributed by atoms with Crippen molar-refractivity contribution < 1.29 is 14.6 Å². The van der Waals surface area contributed by atoms with Gasteiger partial charge in [0.1, 0.15) is 0 Å².